The number of para-hydroxylation sites is 3. The molecule has 0 aliphatic heterocycles. The second-order valence-corrected chi connectivity index (χ2v) is 5.86. The second kappa shape index (κ2) is 7.75. The van der Waals surface area contributed by atoms with Crippen LogP contribution in [0.3, 0.4) is 0 Å². The lowest BCUT2D eigenvalue weighted by Gasteiger charge is -2.14. The number of methoxy groups -OCH3 is 1. The zero-order valence-electron chi connectivity index (χ0n) is 14.3. The quantitative estimate of drug-likeness (QED) is 0.715. The summed E-state index contributed by atoms with van der Waals surface area (Å²) in [5, 5.41) is 3.98. The predicted octanol–water partition coefficient (Wildman–Crippen LogP) is 3.57. The zero-order chi connectivity index (χ0) is 17.6. The minimum atomic E-state index is -0.186. The Balaban J connectivity index is 1.52. The van der Waals surface area contributed by atoms with Gasteiger partial charge < -0.3 is 19.2 Å². The van der Waals surface area contributed by atoms with Gasteiger partial charge in [0.25, 0.3) is 5.91 Å². The minimum Gasteiger partial charge on any atom is -0.493 e. The number of furan rings is 1. The Morgan fingerprint density at radius 1 is 1.12 bits per heavy atom. The minimum absolute atomic E-state index is 0.0608. The summed E-state index contributed by atoms with van der Waals surface area (Å²) in [7, 11) is 1.57. The lowest BCUT2D eigenvalue weighted by Crippen LogP contribution is -2.37. The number of benzene rings is 2. The number of ether oxygens (including phenoxy) is 2. The molecule has 0 aliphatic carbocycles. The molecule has 5 heteroatoms. The lowest BCUT2D eigenvalue weighted by molar-refractivity contribution is -0.123. The van der Waals surface area contributed by atoms with E-state index in [1.54, 1.807) is 19.2 Å². The summed E-state index contributed by atoms with van der Waals surface area (Å²) in [5.41, 5.74) is 0.857. The molecule has 1 amide bonds. The van der Waals surface area contributed by atoms with Crippen LogP contribution in [0, 0.1) is 0 Å². The van der Waals surface area contributed by atoms with Crippen LogP contribution in [-0.2, 0) is 11.2 Å². The van der Waals surface area contributed by atoms with Crippen LogP contribution >= 0.6 is 0 Å². The number of hydrogen-bond donors (Lipinski definition) is 1. The number of amides is 1. The van der Waals surface area contributed by atoms with Crippen molar-refractivity contribution in [2.45, 2.75) is 19.4 Å². The summed E-state index contributed by atoms with van der Waals surface area (Å²) in [6, 6.07) is 17.0. The van der Waals surface area contributed by atoms with E-state index < -0.39 is 0 Å². The Bertz CT molecular complexity index is 823. The highest BCUT2D eigenvalue weighted by atomic mass is 16.5. The first kappa shape index (κ1) is 16.9. The molecule has 25 heavy (non-hydrogen) atoms. The van der Waals surface area contributed by atoms with Gasteiger partial charge in [-0.1, -0.05) is 30.3 Å². The third-order valence-corrected chi connectivity index (χ3v) is 3.82. The summed E-state index contributed by atoms with van der Waals surface area (Å²) in [5.74, 6) is 1.81. The van der Waals surface area contributed by atoms with Gasteiger partial charge in [0.05, 0.1) is 7.11 Å². The van der Waals surface area contributed by atoms with Gasteiger partial charge in [-0.15, -0.1) is 0 Å². The molecule has 3 aromatic rings. The fourth-order valence-corrected chi connectivity index (χ4v) is 2.69. The van der Waals surface area contributed by atoms with Gasteiger partial charge in [0.15, 0.2) is 18.1 Å². The molecule has 1 heterocycles. The van der Waals surface area contributed by atoms with E-state index in [4.69, 9.17) is 13.9 Å². The molecule has 0 fully saturated rings. The van der Waals surface area contributed by atoms with Crippen molar-refractivity contribution >= 4 is 16.9 Å². The average Bonchev–Trinajstić information content (AvgIpc) is 3.02. The van der Waals surface area contributed by atoms with E-state index in [2.05, 4.69) is 5.32 Å². The summed E-state index contributed by atoms with van der Waals surface area (Å²) in [6.07, 6.45) is 0.620. The first-order valence-electron chi connectivity index (χ1n) is 8.18. The van der Waals surface area contributed by atoms with Crippen molar-refractivity contribution in [3.05, 3.63) is 60.4 Å². The molecular formula is C20H21NO4. The molecule has 1 N–H and O–H groups in total. The maximum absolute atomic E-state index is 12.1. The molecule has 130 valence electrons. The second-order valence-electron chi connectivity index (χ2n) is 5.86. The standard InChI is InChI=1S/C20H21NO4/c1-14(11-16-12-15-7-3-4-8-17(15)25-16)21-20(22)13-24-19-10-6-5-9-18(19)23-2/h3-10,12,14H,11,13H2,1-2H3,(H,21,22)/t14-/m0/s1. The van der Waals surface area contributed by atoms with Crippen molar-refractivity contribution < 1.29 is 18.7 Å². The first-order valence-corrected chi connectivity index (χ1v) is 8.18. The van der Waals surface area contributed by atoms with E-state index in [1.807, 2.05) is 49.4 Å². The van der Waals surface area contributed by atoms with Crippen LogP contribution in [0.1, 0.15) is 12.7 Å². The molecule has 5 nitrogen and oxygen atoms in total. The van der Waals surface area contributed by atoms with Gasteiger partial charge in [-0.25, -0.2) is 0 Å². The SMILES string of the molecule is COc1ccccc1OCC(=O)N[C@@H](C)Cc1cc2ccccc2o1. The van der Waals surface area contributed by atoms with Crippen molar-refractivity contribution in [3.8, 4) is 11.5 Å². The highest BCUT2D eigenvalue weighted by Crippen LogP contribution is 2.25. The zero-order valence-corrected chi connectivity index (χ0v) is 14.3. The van der Waals surface area contributed by atoms with Crippen molar-refractivity contribution in [2.24, 2.45) is 0 Å². The van der Waals surface area contributed by atoms with Crippen LogP contribution in [-0.4, -0.2) is 25.7 Å². The molecule has 0 spiro atoms. The molecule has 3 rings (SSSR count). The average molecular weight is 339 g/mol. The highest BCUT2D eigenvalue weighted by molar-refractivity contribution is 5.78. The third kappa shape index (κ3) is 4.32. The number of fused-ring (bicyclic) bond motifs is 1. The number of hydrogen-bond acceptors (Lipinski definition) is 4. The molecule has 0 unspecified atom stereocenters. The monoisotopic (exact) mass is 339 g/mol. The van der Waals surface area contributed by atoms with Crippen LogP contribution in [0.2, 0.25) is 0 Å². The van der Waals surface area contributed by atoms with Crippen molar-refractivity contribution in [1.82, 2.24) is 5.32 Å². The van der Waals surface area contributed by atoms with Crippen LogP contribution in [0.5, 0.6) is 11.5 Å². The molecule has 0 saturated heterocycles. The smallest absolute Gasteiger partial charge is 0.258 e. The van der Waals surface area contributed by atoms with E-state index in [0.29, 0.717) is 17.9 Å². The maximum Gasteiger partial charge on any atom is 0.258 e. The molecule has 2 aromatic carbocycles. The fourth-order valence-electron chi connectivity index (χ4n) is 2.69. The van der Waals surface area contributed by atoms with Gasteiger partial charge in [-0.3, -0.25) is 4.79 Å². The Morgan fingerprint density at radius 2 is 1.84 bits per heavy atom. The van der Waals surface area contributed by atoms with E-state index in [0.717, 1.165) is 16.7 Å². The van der Waals surface area contributed by atoms with Crippen LogP contribution in [0.15, 0.2) is 59.0 Å². The normalized spacial score (nSPS) is 11.9. The largest absolute Gasteiger partial charge is 0.493 e. The molecule has 0 bridgehead atoms. The molecule has 0 radical (unpaired) electrons. The number of rotatable bonds is 7. The van der Waals surface area contributed by atoms with Crippen LogP contribution < -0.4 is 14.8 Å². The van der Waals surface area contributed by atoms with Gasteiger partial charge >= 0.3 is 0 Å². The summed E-state index contributed by atoms with van der Waals surface area (Å²) in [6.45, 7) is 1.87. The summed E-state index contributed by atoms with van der Waals surface area (Å²) >= 11 is 0. The molecule has 1 aromatic heterocycles. The van der Waals surface area contributed by atoms with Gasteiger partial charge in [-0.2, -0.15) is 0 Å². The first-order chi connectivity index (χ1) is 12.2. The van der Waals surface area contributed by atoms with E-state index in [1.165, 1.54) is 0 Å². The van der Waals surface area contributed by atoms with E-state index >= 15 is 0 Å². The number of carbonyl (C=O) groups excluding carboxylic acids is 1. The number of nitrogens with one attached hydrogen (secondary N) is 1. The molecule has 0 saturated carbocycles. The Hall–Kier alpha value is -2.95. The fraction of sp³-hybridized carbons (Fsp3) is 0.250. The lowest BCUT2D eigenvalue weighted by atomic mass is 10.2. The van der Waals surface area contributed by atoms with Crippen molar-refractivity contribution in [2.75, 3.05) is 13.7 Å². The van der Waals surface area contributed by atoms with E-state index in [-0.39, 0.29) is 18.6 Å². The van der Waals surface area contributed by atoms with Crippen LogP contribution in [0.4, 0.5) is 0 Å². The topological polar surface area (TPSA) is 60.7 Å². The van der Waals surface area contributed by atoms with E-state index in [9.17, 15) is 4.79 Å². The highest BCUT2D eigenvalue weighted by Gasteiger charge is 2.12. The van der Waals surface area contributed by atoms with Crippen molar-refractivity contribution in [1.29, 1.82) is 0 Å². The predicted molar refractivity (Wildman–Crippen MR) is 96.0 cm³/mol. The molecular weight excluding hydrogens is 318 g/mol. The molecule has 0 aliphatic rings. The summed E-state index contributed by atoms with van der Waals surface area (Å²) in [4.78, 5) is 12.1. The van der Waals surface area contributed by atoms with Crippen LogP contribution in [0.25, 0.3) is 11.0 Å². The molecule has 1 atom stereocenters. The third-order valence-electron chi connectivity index (χ3n) is 3.82. The maximum atomic E-state index is 12.1. The Kier molecular flexibility index (Phi) is 5.23. The van der Waals surface area contributed by atoms with Gasteiger partial charge in [0.1, 0.15) is 11.3 Å². The number of carbonyl (C=O) groups is 1. The van der Waals surface area contributed by atoms with Gasteiger partial charge in [0.2, 0.25) is 0 Å². The van der Waals surface area contributed by atoms with Gasteiger partial charge in [-0.05, 0) is 31.2 Å². The van der Waals surface area contributed by atoms with Crippen molar-refractivity contribution in [3.63, 3.8) is 0 Å². The Labute approximate surface area is 146 Å². The summed E-state index contributed by atoms with van der Waals surface area (Å²) < 4.78 is 16.5. The Morgan fingerprint density at radius 3 is 2.60 bits per heavy atom. The van der Waals surface area contributed by atoms with Gasteiger partial charge in [0, 0.05) is 17.8 Å².